The van der Waals surface area contributed by atoms with E-state index in [0.717, 1.165) is 11.0 Å². The van der Waals surface area contributed by atoms with Gasteiger partial charge >= 0.3 is 0 Å². The van der Waals surface area contributed by atoms with Gasteiger partial charge in [-0.05, 0) is 6.07 Å². The number of halogens is 1. The van der Waals surface area contributed by atoms with Crippen molar-refractivity contribution in [3.63, 3.8) is 0 Å². The second kappa shape index (κ2) is 3.67. The number of carbonyl (C=O) groups excluding carboxylic acids is 2. The number of nitro groups is 1. The first-order valence-electron chi connectivity index (χ1n) is 4.27. The number of non-ortho nitro benzene ring substituents is 1. The molecule has 16 heavy (non-hydrogen) atoms. The van der Waals surface area contributed by atoms with Crippen molar-refractivity contribution >= 4 is 33.4 Å². The van der Waals surface area contributed by atoms with Crippen molar-refractivity contribution in [1.29, 1.82) is 0 Å². The molecule has 0 saturated heterocycles. The molecule has 7 heteroatoms. The molecule has 1 aliphatic rings. The Labute approximate surface area is 98.1 Å². The first-order valence-corrected chi connectivity index (χ1v) is 5.39. The molecule has 0 spiro atoms. The van der Waals surface area contributed by atoms with Gasteiger partial charge in [0.15, 0.2) is 0 Å². The predicted octanol–water partition coefficient (Wildman–Crippen LogP) is 1.54. The zero-order valence-corrected chi connectivity index (χ0v) is 9.43. The fourth-order valence-corrected chi connectivity index (χ4v) is 1.96. The van der Waals surface area contributed by atoms with Crippen LogP contribution in [0.4, 0.5) is 5.69 Å². The average Bonchev–Trinajstić information content (AvgIpc) is 2.51. The summed E-state index contributed by atoms with van der Waals surface area (Å²) in [5.41, 5.74) is 0.165. The molecular weight excluding hydrogens is 280 g/mol. The molecule has 1 aromatic rings. The summed E-state index contributed by atoms with van der Waals surface area (Å²) >= 11 is 3.01. The lowest BCUT2D eigenvalue weighted by Gasteiger charge is -2.07. The van der Waals surface area contributed by atoms with Crippen LogP contribution in [0.5, 0.6) is 0 Å². The van der Waals surface area contributed by atoms with Crippen molar-refractivity contribution < 1.29 is 14.5 Å². The normalized spacial score (nSPS) is 14.2. The van der Waals surface area contributed by atoms with Crippen molar-refractivity contribution in [1.82, 2.24) is 4.90 Å². The molecule has 6 nitrogen and oxygen atoms in total. The van der Waals surface area contributed by atoms with Gasteiger partial charge in [0.1, 0.15) is 0 Å². The summed E-state index contributed by atoms with van der Waals surface area (Å²) in [6.45, 7) is 0. The number of hydrogen-bond acceptors (Lipinski definition) is 4. The van der Waals surface area contributed by atoms with Gasteiger partial charge in [-0.25, -0.2) is 0 Å². The van der Waals surface area contributed by atoms with Gasteiger partial charge in [0.05, 0.1) is 21.5 Å². The third kappa shape index (κ3) is 1.40. The summed E-state index contributed by atoms with van der Waals surface area (Å²) < 4.78 is 0. The maximum atomic E-state index is 11.7. The predicted molar refractivity (Wildman–Crippen MR) is 57.4 cm³/mol. The van der Waals surface area contributed by atoms with Crippen molar-refractivity contribution in [2.75, 3.05) is 5.45 Å². The number of rotatable bonds is 2. The minimum Gasteiger partial charge on any atom is -0.269 e. The summed E-state index contributed by atoms with van der Waals surface area (Å²) in [6, 6.07) is 3.64. The molecule has 2 amide bonds. The van der Waals surface area contributed by atoms with Crippen LogP contribution in [0.25, 0.3) is 0 Å². The maximum Gasteiger partial charge on any atom is 0.270 e. The zero-order valence-electron chi connectivity index (χ0n) is 7.84. The molecule has 1 aliphatic heterocycles. The van der Waals surface area contributed by atoms with E-state index in [0.29, 0.717) is 0 Å². The number of nitrogens with zero attached hydrogens (tertiary/aromatic N) is 2. The lowest BCUT2D eigenvalue weighted by Crippen LogP contribution is -2.27. The number of fused-ring (bicyclic) bond motifs is 1. The van der Waals surface area contributed by atoms with E-state index in [9.17, 15) is 19.7 Å². The lowest BCUT2D eigenvalue weighted by molar-refractivity contribution is -0.384. The largest absolute Gasteiger partial charge is 0.270 e. The van der Waals surface area contributed by atoms with Gasteiger partial charge < -0.3 is 0 Å². The molecule has 82 valence electrons. The van der Waals surface area contributed by atoms with Gasteiger partial charge in [0.2, 0.25) is 0 Å². The number of benzene rings is 1. The minimum absolute atomic E-state index is 0.0765. The number of imide groups is 1. The SMILES string of the molecule is O=C1c2ccc([N+](=O)[O-])cc2C(=O)N1CBr. The van der Waals surface area contributed by atoms with Crippen LogP contribution in [-0.4, -0.2) is 27.1 Å². The lowest BCUT2D eigenvalue weighted by atomic mass is 10.1. The first-order chi connectivity index (χ1) is 7.56. The minimum atomic E-state index is -0.602. The maximum absolute atomic E-state index is 11.7. The zero-order chi connectivity index (χ0) is 11.9. The van der Waals surface area contributed by atoms with Crippen LogP contribution in [0, 0.1) is 10.1 Å². The Morgan fingerprint density at radius 2 is 1.88 bits per heavy atom. The van der Waals surface area contributed by atoms with Crippen molar-refractivity contribution in [2.45, 2.75) is 0 Å². The van der Waals surface area contributed by atoms with Crippen molar-refractivity contribution in [2.24, 2.45) is 0 Å². The van der Waals surface area contributed by atoms with E-state index >= 15 is 0 Å². The van der Waals surface area contributed by atoms with Gasteiger partial charge in [-0.15, -0.1) is 0 Å². The van der Waals surface area contributed by atoms with Crippen molar-refractivity contribution in [3.8, 4) is 0 Å². The third-order valence-electron chi connectivity index (χ3n) is 2.28. The number of amides is 2. The highest BCUT2D eigenvalue weighted by atomic mass is 79.9. The fraction of sp³-hybridized carbons (Fsp3) is 0.111. The molecule has 0 aliphatic carbocycles. The Morgan fingerprint density at radius 3 is 2.44 bits per heavy atom. The van der Waals surface area contributed by atoms with Gasteiger partial charge in [0, 0.05) is 12.1 Å². The summed E-state index contributed by atoms with van der Waals surface area (Å²) in [4.78, 5) is 34.2. The summed E-state index contributed by atoms with van der Waals surface area (Å²) in [6.07, 6.45) is 0. The Bertz CT molecular complexity index is 514. The number of carbonyl (C=O) groups is 2. The molecule has 0 N–H and O–H groups in total. The molecule has 1 aromatic carbocycles. The van der Waals surface area contributed by atoms with Gasteiger partial charge in [-0.2, -0.15) is 0 Å². The van der Waals surface area contributed by atoms with Crippen LogP contribution in [0.2, 0.25) is 0 Å². The number of nitro benzene ring substituents is 1. The van der Waals surface area contributed by atoms with E-state index in [4.69, 9.17) is 0 Å². The highest BCUT2D eigenvalue weighted by Gasteiger charge is 2.35. The quantitative estimate of drug-likeness (QED) is 0.271. The molecule has 2 rings (SSSR count). The highest BCUT2D eigenvalue weighted by Crippen LogP contribution is 2.26. The van der Waals surface area contributed by atoms with Crippen LogP contribution in [0.3, 0.4) is 0 Å². The first kappa shape index (κ1) is 10.7. The summed E-state index contributed by atoms with van der Waals surface area (Å²) in [5.74, 6) is -0.952. The average molecular weight is 285 g/mol. The molecular formula is C9H5BrN2O4. The van der Waals surface area contributed by atoms with Crippen LogP contribution in [0.15, 0.2) is 18.2 Å². The van der Waals surface area contributed by atoms with Crippen LogP contribution in [0.1, 0.15) is 20.7 Å². The highest BCUT2D eigenvalue weighted by molar-refractivity contribution is 9.09. The molecule has 0 atom stereocenters. The molecule has 0 aromatic heterocycles. The van der Waals surface area contributed by atoms with Gasteiger partial charge in [0.25, 0.3) is 17.5 Å². The molecule has 0 fully saturated rings. The smallest absolute Gasteiger partial charge is 0.269 e. The molecule has 0 radical (unpaired) electrons. The van der Waals surface area contributed by atoms with Crippen LogP contribution < -0.4 is 0 Å². The van der Waals surface area contributed by atoms with E-state index in [2.05, 4.69) is 15.9 Å². The number of hydrogen-bond donors (Lipinski definition) is 0. The Kier molecular flexibility index (Phi) is 2.47. The Balaban J connectivity index is 2.56. The van der Waals surface area contributed by atoms with Gasteiger partial charge in [-0.1, -0.05) is 15.9 Å². The van der Waals surface area contributed by atoms with E-state index < -0.39 is 16.7 Å². The van der Waals surface area contributed by atoms with E-state index in [1.807, 2.05) is 0 Å². The Hall–Kier alpha value is -1.76. The summed E-state index contributed by atoms with van der Waals surface area (Å²) in [7, 11) is 0. The molecule has 0 unspecified atom stereocenters. The topological polar surface area (TPSA) is 80.5 Å². The van der Waals surface area contributed by atoms with Gasteiger partial charge in [-0.3, -0.25) is 24.6 Å². The molecule has 0 saturated carbocycles. The summed E-state index contributed by atoms with van der Waals surface area (Å²) in [5, 5.41) is 10.5. The van der Waals surface area contributed by atoms with E-state index in [1.54, 1.807) is 0 Å². The van der Waals surface area contributed by atoms with E-state index in [-0.39, 0.29) is 22.3 Å². The van der Waals surface area contributed by atoms with Crippen LogP contribution >= 0.6 is 15.9 Å². The third-order valence-corrected chi connectivity index (χ3v) is 2.79. The molecule has 0 bridgehead atoms. The van der Waals surface area contributed by atoms with Crippen LogP contribution in [-0.2, 0) is 0 Å². The fourth-order valence-electron chi connectivity index (χ4n) is 1.50. The monoisotopic (exact) mass is 284 g/mol. The molecule has 1 heterocycles. The Morgan fingerprint density at radius 1 is 1.25 bits per heavy atom. The van der Waals surface area contributed by atoms with Crippen molar-refractivity contribution in [3.05, 3.63) is 39.4 Å². The van der Waals surface area contributed by atoms with E-state index in [1.165, 1.54) is 12.1 Å². The second-order valence-electron chi connectivity index (χ2n) is 3.14. The second-order valence-corrected chi connectivity index (χ2v) is 3.65. The standard InChI is InChI=1S/C9H5BrN2O4/c10-4-11-8(13)6-2-1-5(12(15)16)3-7(6)9(11)14/h1-3H,4H2. The number of alkyl halides is 1.